The number of urea groups is 1. The zero-order valence-corrected chi connectivity index (χ0v) is 13.0. The van der Waals surface area contributed by atoms with Crippen molar-refractivity contribution in [1.29, 1.82) is 0 Å². The lowest BCUT2D eigenvalue weighted by Crippen LogP contribution is -2.54. The molecule has 1 aliphatic rings. The topological polar surface area (TPSA) is 93.1 Å². The predicted molar refractivity (Wildman–Crippen MR) is 79.2 cm³/mol. The second-order valence-electron chi connectivity index (χ2n) is 6.16. The van der Waals surface area contributed by atoms with Crippen molar-refractivity contribution in [2.45, 2.75) is 38.7 Å². The van der Waals surface area contributed by atoms with Gasteiger partial charge >= 0.3 is 12.0 Å². The molecule has 1 fully saturated rings. The summed E-state index contributed by atoms with van der Waals surface area (Å²) >= 11 is 0. The van der Waals surface area contributed by atoms with E-state index >= 15 is 0 Å². The number of piperazine rings is 1. The zero-order valence-electron chi connectivity index (χ0n) is 13.0. The van der Waals surface area contributed by atoms with Crippen molar-refractivity contribution in [2.24, 2.45) is 0 Å². The number of carboxylic acids is 1. The minimum Gasteiger partial charge on any atom is -0.481 e. The van der Waals surface area contributed by atoms with Gasteiger partial charge in [0.2, 0.25) is 0 Å². The highest BCUT2D eigenvalue weighted by molar-refractivity contribution is 5.74. The highest BCUT2D eigenvalue weighted by Gasteiger charge is 2.24. The molecule has 0 bridgehead atoms. The molecule has 0 aliphatic carbocycles. The maximum absolute atomic E-state index is 11.9. The average molecular weight is 301 g/mol. The fourth-order valence-electron chi connectivity index (χ4n) is 2.36. The summed E-state index contributed by atoms with van der Waals surface area (Å²) in [5.41, 5.74) is -0.714. The third-order valence-electron chi connectivity index (χ3n) is 3.36. The number of unbranched alkanes of at least 4 members (excludes halogenated alkanes) is 1. The van der Waals surface area contributed by atoms with Crippen LogP contribution in [0.3, 0.4) is 0 Å². The lowest BCUT2D eigenvalue weighted by Gasteiger charge is -2.37. The van der Waals surface area contributed by atoms with E-state index in [1.165, 1.54) is 0 Å². The first-order chi connectivity index (χ1) is 9.78. The molecule has 1 heterocycles. The van der Waals surface area contributed by atoms with Crippen LogP contribution >= 0.6 is 0 Å². The van der Waals surface area contributed by atoms with E-state index in [1.54, 1.807) is 18.7 Å². The van der Waals surface area contributed by atoms with Crippen LogP contribution in [0.5, 0.6) is 0 Å². The molecule has 0 aromatic carbocycles. The van der Waals surface area contributed by atoms with Gasteiger partial charge in [-0.15, -0.1) is 0 Å². The Balaban J connectivity index is 2.15. The van der Waals surface area contributed by atoms with Crippen LogP contribution in [0.25, 0.3) is 0 Å². The van der Waals surface area contributed by atoms with Crippen molar-refractivity contribution < 1.29 is 19.8 Å². The molecule has 1 aliphatic heterocycles. The molecule has 0 aromatic heterocycles. The van der Waals surface area contributed by atoms with Crippen molar-refractivity contribution in [3.05, 3.63) is 0 Å². The van der Waals surface area contributed by atoms with E-state index in [1.807, 2.05) is 0 Å². The molecule has 2 amide bonds. The fourth-order valence-corrected chi connectivity index (χ4v) is 2.36. The van der Waals surface area contributed by atoms with Crippen LogP contribution < -0.4 is 5.32 Å². The van der Waals surface area contributed by atoms with E-state index < -0.39 is 11.6 Å². The molecule has 0 unspecified atom stereocenters. The largest absolute Gasteiger partial charge is 0.481 e. The number of hydrogen-bond donors (Lipinski definition) is 3. The summed E-state index contributed by atoms with van der Waals surface area (Å²) < 4.78 is 0. The third-order valence-corrected chi connectivity index (χ3v) is 3.36. The smallest absolute Gasteiger partial charge is 0.317 e. The van der Waals surface area contributed by atoms with Gasteiger partial charge in [-0.3, -0.25) is 9.69 Å². The number of hydrogen-bond acceptors (Lipinski definition) is 4. The Labute approximate surface area is 125 Å². The van der Waals surface area contributed by atoms with Gasteiger partial charge in [0.1, 0.15) is 0 Å². The van der Waals surface area contributed by atoms with Gasteiger partial charge in [-0.1, -0.05) is 0 Å². The number of nitrogens with zero attached hydrogens (tertiary/aromatic N) is 2. The van der Waals surface area contributed by atoms with E-state index in [0.717, 1.165) is 13.1 Å². The molecule has 0 atom stereocenters. The van der Waals surface area contributed by atoms with Crippen molar-refractivity contribution >= 4 is 12.0 Å². The number of nitrogens with one attached hydrogen (secondary N) is 1. The second kappa shape index (κ2) is 8.19. The number of amides is 2. The first-order valence-corrected chi connectivity index (χ1v) is 7.47. The average Bonchev–Trinajstić information content (AvgIpc) is 2.36. The number of aliphatic hydroxyl groups is 1. The fraction of sp³-hybridized carbons (Fsp3) is 0.857. The van der Waals surface area contributed by atoms with E-state index in [4.69, 9.17) is 5.11 Å². The molecule has 7 nitrogen and oxygen atoms in total. The standard InChI is InChI=1S/C14H27N3O4/c1-14(2,21)11-16-7-9-17(10-8-16)13(20)15-6-4-3-5-12(18)19/h21H,3-11H2,1-2H3,(H,15,20)(H,18,19). The van der Waals surface area contributed by atoms with Crippen molar-refractivity contribution in [3.8, 4) is 0 Å². The molecule has 0 radical (unpaired) electrons. The number of aliphatic carboxylic acids is 1. The van der Waals surface area contributed by atoms with Gasteiger partial charge < -0.3 is 20.4 Å². The van der Waals surface area contributed by atoms with Crippen LogP contribution in [0.4, 0.5) is 4.79 Å². The number of carbonyl (C=O) groups is 2. The molecular weight excluding hydrogens is 274 g/mol. The number of rotatable bonds is 7. The molecule has 3 N–H and O–H groups in total. The van der Waals surface area contributed by atoms with E-state index in [-0.39, 0.29) is 12.5 Å². The van der Waals surface area contributed by atoms with Crippen LogP contribution in [0, 0.1) is 0 Å². The van der Waals surface area contributed by atoms with Gasteiger partial charge in [0.05, 0.1) is 5.60 Å². The van der Waals surface area contributed by atoms with Crippen LogP contribution in [0.1, 0.15) is 33.1 Å². The number of β-amino-alcohol motifs (C(OH)–C–C–N with tert-alkyl or cyclic N) is 1. The van der Waals surface area contributed by atoms with Gasteiger partial charge in [0.25, 0.3) is 0 Å². The van der Waals surface area contributed by atoms with Crippen LogP contribution in [0.2, 0.25) is 0 Å². The lowest BCUT2D eigenvalue weighted by atomic mass is 10.1. The summed E-state index contributed by atoms with van der Waals surface area (Å²) in [6.07, 6.45) is 1.40. The molecule has 0 saturated carbocycles. The lowest BCUT2D eigenvalue weighted by molar-refractivity contribution is -0.137. The van der Waals surface area contributed by atoms with Crippen LogP contribution in [-0.2, 0) is 4.79 Å². The minimum atomic E-state index is -0.802. The Morgan fingerprint density at radius 3 is 2.29 bits per heavy atom. The summed E-state index contributed by atoms with van der Waals surface area (Å²) in [5.74, 6) is -0.802. The summed E-state index contributed by atoms with van der Waals surface area (Å²) in [7, 11) is 0. The Morgan fingerprint density at radius 2 is 1.76 bits per heavy atom. The Bertz CT molecular complexity index is 347. The molecule has 122 valence electrons. The van der Waals surface area contributed by atoms with Gasteiger partial charge in [0, 0.05) is 45.7 Å². The first-order valence-electron chi connectivity index (χ1n) is 7.47. The summed E-state index contributed by atoms with van der Waals surface area (Å²) in [5, 5.41) is 21.1. The molecular formula is C14H27N3O4. The van der Waals surface area contributed by atoms with Crippen molar-refractivity contribution in [2.75, 3.05) is 39.3 Å². The summed E-state index contributed by atoms with van der Waals surface area (Å²) in [6, 6.07) is -0.0896. The summed E-state index contributed by atoms with van der Waals surface area (Å²) in [4.78, 5) is 26.2. The zero-order chi connectivity index (χ0) is 15.9. The molecule has 1 saturated heterocycles. The van der Waals surface area contributed by atoms with E-state index in [9.17, 15) is 14.7 Å². The summed E-state index contributed by atoms with van der Waals surface area (Å²) in [6.45, 7) is 7.50. The number of carboxylic acid groups (broad SMARTS) is 1. The van der Waals surface area contributed by atoms with E-state index in [2.05, 4.69) is 10.2 Å². The SMILES string of the molecule is CC(C)(O)CN1CCN(C(=O)NCCCCC(=O)O)CC1. The third kappa shape index (κ3) is 7.87. The normalized spacial score (nSPS) is 16.8. The molecule has 0 aromatic rings. The Kier molecular flexibility index (Phi) is 6.91. The van der Waals surface area contributed by atoms with Gasteiger partial charge in [-0.25, -0.2) is 4.79 Å². The molecule has 21 heavy (non-hydrogen) atoms. The van der Waals surface area contributed by atoms with Crippen LogP contribution in [-0.4, -0.2) is 76.9 Å². The van der Waals surface area contributed by atoms with Crippen LogP contribution in [0.15, 0.2) is 0 Å². The highest BCUT2D eigenvalue weighted by atomic mass is 16.4. The molecule has 1 rings (SSSR count). The monoisotopic (exact) mass is 301 g/mol. The van der Waals surface area contributed by atoms with E-state index in [0.29, 0.717) is 39.0 Å². The Morgan fingerprint density at radius 1 is 1.14 bits per heavy atom. The van der Waals surface area contributed by atoms with Gasteiger partial charge in [0.15, 0.2) is 0 Å². The second-order valence-corrected chi connectivity index (χ2v) is 6.16. The van der Waals surface area contributed by atoms with Crippen molar-refractivity contribution in [1.82, 2.24) is 15.1 Å². The first kappa shape index (κ1) is 17.7. The highest BCUT2D eigenvalue weighted by Crippen LogP contribution is 2.08. The maximum atomic E-state index is 11.9. The number of carbonyl (C=O) groups excluding carboxylic acids is 1. The maximum Gasteiger partial charge on any atom is 0.317 e. The van der Waals surface area contributed by atoms with Gasteiger partial charge in [-0.2, -0.15) is 0 Å². The molecule has 7 heteroatoms. The predicted octanol–water partition coefficient (Wildman–Crippen LogP) is 0.339. The molecule has 0 spiro atoms. The van der Waals surface area contributed by atoms with Crippen molar-refractivity contribution in [3.63, 3.8) is 0 Å². The minimum absolute atomic E-state index is 0.0896. The van der Waals surface area contributed by atoms with Gasteiger partial charge in [-0.05, 0) is 26.7 Å². The Hall–Kier alpha value is -1.34. The quantitative estimate of drug-likeness (QED) is 0.590.